The minimum absolute atomic E-state index is 0.0763. The highest BCUT2D eigenvalue weighted by atomic mass is 32.2. The summed E-state index contributed by atoms with van der Waals surface area (Å²) in [5.41, 5.74) is 1.91. The van der Waals surface area contributed by atoms with E-state index in [1.54, 1.807) is 30.0 Å². The molecule has 178 valence electrons. The van der Waals surface area contributed by atoms with E-state index in [-0.39, 0.29) is 16.7 Å². The van der Waals surface area contributed by atoms with Crippen LogP contribution in [0.15, 0.2) is 58.3 Å². The molecule has 1 fully saturated rings. The number of nitrogens with zero attached hydrogens (tertiary/aromatic N) is 2. The maximum absolute atomic E-state index is 12.8. The first kappa shape index (κ1) is 24.2. The number of sulfonamides is 1. The van der Waals surface area contributed by atoms with Crippen LogP contribution in [0.4, 0.5) is 5.69 Å². The first-order valence-corrected chi connectivity index (χ1v) is 13.9. The number of piperazine rings is 1. The molecule has 0 aromatic heterocycles. The van der Waals surface area contributed by atoms with E-state index in [2.05, 4.69) is 44.1 Å². The van der Waals surface area contributed by atoms with Crippen molar-refractivity contribution >= 4 is 33.4 Å². The Hall–Kier alpha value is -1.91. The summed E-state index contributed by atoms with van der Waals surface area (Å²) in [4.78, 5) is 18.1. The Balaban J connectivity index is 1.22. The zero-order valence-electron chi connectivity index (χ0n) is 19.0. The number of fused-ring (bicyclic) bond motifs is 1. The van der Waals surface area contributed by atoms with Crippen molar-refractivity contribution in [3.05, 3.63) is 54.1 Å². The van der Waals surface area contributed by atoms with Crippen molar-refractivity contribution in [1.82, 2.24) is 14.5 Å². The predicted octanol–water partition coefficient (Wildman–Crippen LogP) is 2.85. The molecule has 4 rings (SSSR count). The van der Waals surface area contributed by atoms with Gasteiger partial charge in [0.25, 0.3) is 0 Å². The van der Waals surface area contributed by atoms with Gasteiger partial charge in [0.05, 0.1) is 10.6 Å². The number of thioether (sulfide) groups is 1. The number of hydrogen-bond donors (Lipinski definition) is 2. The molecule has 0 aliphatic carbocycles. The second-order valence-electron chi connectivity index (χ2n) is 8.71. The molecule has 0 bridgehead atoms. The smallest absolute Gasteiger partial charge is 0.240 e. The monoisotopic (exact) mass is 488 g/mol. The van der Waals surface area contributed by atoms with Crippen molar-refractivity contribution in [1.29, 1.82) is 0 Å². The molecular formula is C24H32N4O3S2. The van der Waals surface area contributed by atoms with Crippen molar-refractivity contribution in [2.45, 2.75) is 29.7 Å². The highest BCUT2D eigenvalue weighted by molar-refractivity contribution is 7.99. The number of carbonyl (C=O) groups excluding carboxylic acids is 1. The van der Waals surface area contributed by atoms with Crippen LogP contribution in [-0.4, -0.2) is 69.1 Å². The van der Waals surface area contributed by atoms with Gasteiger partial charge in [0.15, 0.2) is 0 Å². The molecule has 0 saturated carbocycles. The van der Waals surface area contributed by atoms with Gasteiger partial charge in [0.1, 0.15) is 0 Å². The number of rotatable bonds is 8. The van der Waals surface area contributed by atoms with Crippen LogP contribution in [0.3, 0.4) is 0 Å². The molecule has 0 unspecified atom stereocenters. The fraction of sp³-hybridized carbons (Fsp3) is 0.458. The van der Waals surface area contributed by atoms with E-state index in [0.717, 1.165) is 50.6 Å². The number of anilines is 1. The zero-order chi connectivity index (χ0) is 23.3. The van der Waals surface area contributed by atoms with Crippen molar-refractivity contribution < 1.29 is 13.2 Å². The summed E-state index contributed by atoms with van der Waals surface area (Å²) in [7, 11) is -3.62. The summed E-state index contributed by atoms with van der Waals surface area (Å²) in [6.45, 7) is 8.17. The molecule has 0 radical (unpaired) electrons. The summed E-state index contributed by atoms with van der Waals surface area (Å²) >= 11 is 1.57. The first-order chi connectivity index (χ1) is 15.9. The van der Waals surface area contributed by atoms with Crippen LogP contribution in [0.2, 0.25) is 0 Å². The molecule has 7 nitrogen and oxygen atoms in total. The Morgan fingerprint density at radius 3 is 2.55 bits per heavy atom. The summed E-state index contributed by atoms with van der Waals surface area (Å²) in [6.07, 6.45) is 0.757. The van der Waals surface area contributed by atoms with Crippen LogP contribution in [-0.2, 0) is 21.4 Å². The largest absolute Gasteiger partial charge is 0.325 e. The van der Waals surface area contributed by atoms with Gasteiger partial charge in [-0.3, -0.25) is 9.69 Å². The maximum Gasteiger partial charge on any atom is 0.240 e. The molecule has 33 heavy (non-hydrogen) atoms. The fourth-order valence-electron chi connectivity index (χ4n) is 4.05. The summed E-state index contributed by atoms with van der Waals surface area (Å²) in [5, 5.41) is 2.85. The molecule has 2 heterocycles. The molecular weight excluding hydrogens is 456 g/mol. The van der Waals surface area contributed by atoms with Gasteiger partial charge in [-0.15, -0.1) is 11.8 Å². The van der Waals surface area contributed by atoms with Gasteiger partial charge in [-0.05, 0) is 36.7 Å². The Kier molecular flexibility index (Phi) is 8.08. The molecule has 2 aliphatic heterocycles. The lowest BCUT2D eigenvalue weighted by atomic mass is 10.2. The van der Waals surface area contributed by atoms with Gasteiger partial charge in [-0.1, -0.05) is 37.3 Å². The Morgan fingerprint density at radius 2 is 1.79 bits per heavy atom. The second-order valence-corrected chi connectivity index (χ2v) is 11.5. The van der Waals surface area contributed by atoms with Crippen LogP contribution >= 0.6 is 11.8 Å². The van der Waals surface area contributed by atoms with Crippen LogP contribution < -0.4 is 10.0 Å². The molecule has 2 aromatic rings. The van der Waals surface area contributed by atoms with Gasteiger partial charge in [0.2, 0.25) is 15.9 Å². The van der Waals surface area contributed by atoms with E-state index in [9.17, 15) is 13.2 Å². The Morgan fingerprint density at radius 1 is 1.06 bits per heavy atom. The lowest BCUT2D eigenvalue weighted by Gasteiger charge is -2.34. The number of hydrogen-bond acceptors (Lipinski definition) is 6. The quantitative estimate of drug-likeness (QED) is 0.556. The van der Waals surface area contributed by atoms with Crippen molar-refractivity contribution in [2.75, 3.05) is 50.3 Å². The third-order valence-corrected chi connectivity index (χ3v) is 8.91. The van der Waals surface area contributed by atoms with E-state index < -0.39 is 10.0 Å². The van der Waals surface area contributed by atoms with Crippen molar-refractivity contribution in [2.24, 2.45) is 5.92 Å². The highest BCUT2D eigenvalue weighted by Gasteiger charge is 2.23. The second kappa shape index (κ2) is 11.0. The van der Waals surface area contributed by atoms with Gasteiger partial charge < -0.3 is 10.2 Å². The van der Waals surface area contributed by atoms with E-state index >= 15 is 0 Å². The zero-order valence-corrected chi connectivity index (χ0v) is 20.6. The molecule has 1 atom stereocenters. The molecule has 2 aliphatic rings. The van der Waals surface area contributed by atoms with Gasteiger partial charge in [-0.2, -0.15) is 0 Å². The van der Waals surface area contributed by atoms with Crippen LogP contribution in [0.25, 0.3) is 0 Å². The average Bonchev–Trinajstić information content (AvgIpc) is 2.96. The lowest BCUT2D eigenvalue weighted by molar-refractivity contribution is -0.118. The van der Waals surface area contributed by atoms with E-state index in [0.29, 0.717) is 18.0 Å². The fourth-order valence-corrected chi connectivity index (χ4v) is 6.16. The van der Waals surface area contributed by atoms with Gasteiger partial charge >= 0.3 is 0 Å². The molecule has 9 heteroatoms. The highest BCUT2D eigenvalue weighted by Crippen LogP contribution is 2.34. The lowest BCUT2D eigenvalue weighted by Crippen LogP contribution is -2.46. The summed E-state index contributed by atoms with van der Waals surface area (Å²) in [6, 6.07) is 15.5. The van der Waals surface area contributed by atoms with Gasteiger partial charge in [-0.25, -0.2) is 13.1 Å². The number of nitrogens with one attached hydrogen (secondary N) is 2. The SMILES string of the molecule is C[C@H]1CSc2ccc(S(=O)(=O)NCCCN3CCN(Cc4ccccc4)CC3)cc2NC1=O. The van der Waals surface area contributed by atoms with Gasteiger partial charge in [0, 0.05) is 55.8 Å². The normalized spacial score (nSPS) is 20.2. The molecule has 0 spiro atoms. The topological polar surface area (TPSA) is 81.8 Å². The standard InChI is InChI=1S/C24H32N4O3S2/c1-19-18-32-23-9-8-21(16-22(23)26-24(19)29)33(30,31)25-10-5-11-27-12-14-28(15-13-27)17-20-6-3-2-4-7-20/h2-4,6-9,16,19,25H,5,10-15,17-18H2,1H3,(H,26,29)/t19-/m0/s1. The third-order valence-electron chi connectivity index (χ3n) is 6.11. The molecule has 2 aromatic carbocycles. The van der Waals surface area contributed by atoms with E-state index in [1.807, 2.05) is 13.0 Å². The van der Waals surface area contributed by atoms with Crippen LogP contribution in [0.1, 0.15) is 18.9 Å². The van der Waals surface area contributed by atoms with E-state index in [4.69, 9.17) is 0 Å². The van der Waals surface area contributed by atoms with Crippen molar-refractivity contribution in [3.63, 3.8) is 0 Å². The first-order valence-electron chi connectivity index (χ1n) is 11.5. The predicted molar refractivity (Wildman–Crippen MR) is 133 cm³/mol. The average molecular weight is 489 g/mol. The Labute approximate surface area is 201 Å². The minimum Gasteiger partial charge on any atom is -0.325 e. The number of amides is 1. The summed E-state index contributed by atoms with van der Waals surface area (Å²) in [5.74, 6) is 0.498. The number of benzene rings is 2. The van der Waals surface area contributed by atoms with Crippen LogP contribution in [0, 0.1) is 5.92 Å². The molecule has 2 N–H and O–H groups in total. The third kappa shape index (κ3) is 6.58. The maximum atomic E-state index is 12.8. The minimum atomic E-state index is -3.62. The molecule has 1 amide bonds. The van der Waals surface area contributed by atoms with Crippen LogP contribution in [0.5, 0.6) is 0 Å². The Bertz CT molecular complexity index is 1050. The number of carbonyl (C=O) groups is 1. The van der Waals surface area contributed by atoms with Crippen molar-refractivity contribution in [3.8, 4) is 0 Å². The van der Waals surface area contributed by atoms with E-state index in [1.165, 1.54) is 5.56 Å². The summed E-state index contributed by atoms with van der Waals surface area (Å²) < 4.78 is 28.2. The molecule has 1 saturated heterocycles.